The second-order valence-corrected chi connectivity index (χ2v) is 23.1. The van der Waals surface area contributed by atoms with E-state index < -0.39 is 24.3 Å². The fraction of sp³-hybridized carbons (Fsp3) is 0.685. The molecule has 0 aliphatic heterocycles. The van der Waals surface area contributed by atoms with Crippen LogP contribution in [0.5, 0.6) is 0 Å². The van der Waals surface area contributed by atoms with E-state index >= 15 is 0 Å². The Hall–Kier alpha value is -4.31. The molecule has 0 saturated heterocycles. The van der Waals surface area contributed by atoms with Gasteiger partial charge in [-0.1, -0.05) is 283 Å². The average Bonchev–Trinajstić information content (AvgIpc) is 3.45. The van der Waals surface area contributed by atoms with Crippen LogP contribution >= 0.6 is 0 Å². The minimum Gasteiger partial charge on any atom is -0.477 e. The number of rotatable bonds is 60. The molecule has 82 heavy (non-hydrogen) atoms. The normalized spacial score (nSPS) is 13.5. The van der Waals surface area contributed by atoms with Gasteiger partial charge in [-0.15, -0.1) is 0 Å². The van der Waals surface area contributed by atoms with E-state index in [1.54, 1.807) is 0 Å². The number of aliphatic carboxylic acids is 1. The molecule has 9 nitrogen and oxygen atoms in total. The van der Waals surface area contributed by atoms with Gasteiger partial charge in [-0.3, -0.25) is 9.59 Å². The maximum absolute atomic E-state index is 12.9. The number of esters is 2. The lowest BCUT2D eigenvalue weighted by Crippen LogP contribution is -2.40. The quantitative estimate of drug-likeness (QED) is 0.0211. The lowest BCUT2D eigenvalue weighted by molar-refractivity contribution is -0.870. The molecule has 0 amide bonds. The van der Waals surface area contributed by atoms with Gasteiger partial charge in [-0.2, -0.15) is 0 Å². The Bertz CT molecular complexity index is 1760. The van der Waals surface area contributed by atoms with Crippen molar-refractivity contribution in [2.24, 2.45) is 0 Å². The smallest absolute Gasteiger partial charge is 0.361 e. The molecular formula is C73H124NO8+. The summed E-state index contributed by atoms with van der Waals surface area (Å²) in [4.78, 5) is 37.5. The van der Waals surface area contributed by atoms with E-state index in [0.717, 1.165) is 109 Å². The largest absolute Gasteiger partial charge is 0.477 e. The molecular weight excluding hydrogens is 1020 g/mol. The first-order valence-electron chi connectivity index (χ1n) is 33.2. The highest BCUT2D eigenvalue weighted by atomic mass is 16.7. The Morgan fingerprint density at radius 3 is 1.04 bits per heavy atom. The van der Waals surface area contributed by atoms with Crippen molar-refractivity contribution in [2.75, 3.05) is 47.5 Å². The second kappa shape index (κ2) is 62.7. The van der Waals surface area contributed by atoms with Gasteiger partial charge in [0.1, 0.15) is 13.2 Å². The van der Waals surface area contributed by atoms with Crippen molar-refractivity contribution < 1.29 is 42.9 Å². The Kier molecular flexibility index (Phi) is 59.4. The van der Waals surface area contributed by atoms with Crippen LogP contribution in [0.4, 0.5) is 0 Å². The molecule has 0 rings (SSSR count). The number of nitrogens with zero attached hydrogens (tertiary/aromatic N) is 1. The highest BCUT2D eigenvalue weighted by Gasteiger charge is 2.25. The zero-order chi connectivity index (χ0) is 59.8. The van der Waals surface area contributed by atoms with Crippen molar-refractivity contribution in [3.8, 4) is 0 Å². The minimum atomic E-state index is -1.52. The molecule has 0 radical (unpaired) electrons. The molecule has 2 unspecified atom stereocenters. The summed E-state index contributed by atoms with van der Waals surface area (Å²) < 4.78 is 22.9. The number of allylic oxidation sites excluding steroid dienone is 20. The van der Waals surface area contributed by atoms with Crippen LogP contribution in [0.3, 0.4) is 0 Å². The van der Waals surface area contributed by atoms with E-state index in [9.17, 15) is 19.5 Å². The number of carboxylic acids is 1. The number of carbonyl (C=O) groups is 3. The van der Waals surface area contributed by atoms with Crippen molar-refractivity contribution in [3.05, 3.63) is 122 Å². The second-order valence-electron chi connectivity index (χ2n) is 23.1. The number of hydrogen-bond donors (Lipinski definition) is 1. The molecule has 0 aromatic carbocycles. The van der Waals surface area contributed by atoms with Gasteiger partial charge in [-0.05, 0) is 89.9 Å². The Balaban J connectivity index is 4.26. The van der Waals surface area contributed by atoms with Crippen LogP contribution in [-0.4, -0.2) is 87.4 Å². The van der Waals surface area contributed by atoms with Crippen molar-refractivity contribution in [1.29, 1.82) is 0 Å². The number of quaternary nitrogens is 1. The molecule has 0 bridgehead atoms. The van der Waals surface area contributed by atoms with E-state index in [2.05, 4.69) is 135 Å². The summed E-state index contributed by atoms with van der Waals surface area (Å²) in [5, 5.41) is 9.73. The Morgan fingerprint density at radius 1 is 0.378 bits per heavy atom. The first kappa shape index (κ1) is 77.7. The lowest BCUT2D eigenvalue weighted by Gasteiger charge is -2.25. The molecule has 0 aliphatic carbocycles. The highest BCUT2D eigenvalue weighted by Crippen LogP contribution is 2.17. The summed E-state index contributed by atoms with van der Waals surface area (Å²) in [6, 6.07) is 0. The van der Waals surface area contributed by atoms with Crippen molar-refractivity contribution in [1.82, 2.24) is 0 Å². The third-order valence-electron chi connectivity index (χ3n) is 14.0. The van der Waals surface area contributed by atoms with Gasteiger partial charge in [0.2, 0.25) is 0 Å². The minimum absolute atomic E-state index is 0.177. The zero-order valence-corrected chi connectivity index (χ0v) is 53.4. The van der Waals surface area contributed by atoms with E-state index in [1.165, 1.54) is 122 Å². The number of unbranched alkanes of at least 4 members (excludes halogenated alkanes) is 25. The summed E-state index contributed by atoms with van der Waals surface area (Å²) in [6.07, 6.45) is 85.8. The molecule has 0 spiro atoms. The SMILES string of the molecule is CC/C=C\C/C=C\C/C=C\C/C=C\C/C=C\C/C=C\C/C=C\C/C=C\C/C=C\C/C=C\CCCCCCC(=O)OC(COC(=O)CCCCCCCCCCCCCCCCCCCCCCCC)COC(OCC[N+](C)(C)C)C(=O)O. The van der Waals surface area contributed by atoms with Crippen molar-refractivity contribution in [2.45, 2.75) is 277 Å². The van der Waals surface area contributed by atoms with Gasteiger partial charge >= 0.3 is 17.9 Å². The third kappa shape index (κ3) is 63.3. The van der Waals surface area contributed by atoms with Crippen LogP contribution in [0, 0.1) is 0 Å². The van der Waals surface area contributed by atoms with E-state index in [1.807, 2.05) is 21.1 Å². The molecule has 2 atom stereocenters. The Labute approximate surface area is 504 Å². The number of carbonyl (C=O) groups excluding carboxylic acids is 2. The highest BCUT2D eigenvalue weighted by molar-refractivity contribution is 5.71. The number of carboxylic acid groups (broad SMARTS) is 1. The van der Waals surface area contributed by atoms with Gasteiger partial charge in [0, 0.05) is 12.8 Å². The number of ether oxygens (including phenoxy) is 4. The first-order chi connectivity index (χ1) is 40.1. The molecule has 0 fully saturated rings. The van der Waals surface area contributed by atoms with E-state index in [0.29, 0.717) is 23.9 Å². The Morgan fingerprint density at radius 2 is 0.695 bits per heavy atom. The van der Waals surface area contributed by atoms with Crippen LogP contribution in [0.25, 0.3) is 0 Å². The summed E-state index contributed by atoms with van der Waals surface area (Å²) in [7, 11) is 5.96. The topological polar surface area (TPSA) is 108 Å². The molecule has 0 aliphatic rings. The van der Waals surface area contributed by atoms with Crippen LogP contribution in [0.2, 0.25) is 0 Å². The van der Waals surface area contributed by atoms with Crippen LogP contribution < -0.4 is 0 Å². The molecule has 0 heterocycles. The monoisotopic (exact) mass is 1140 g/mol. The van der Waals surface area contributed by atoms with Gasteiger partial charge in [0.15, 0.2) is 6.10 Å². The molecule has 0 aromatic rings. The summed E-state index contributed by atoms with van der Waals surface area (Å²) in [5.41, 5.74) is 0. The van der Waals surface area contributed by atoms with Crippen LogP contribution in [0.15, 0.2) is 122 Å². The van der Waals surface area contributed by atoms with Gasteiger partial charge in [0.05, 0.1) is 34.4 Å². The first-order valence-corrected chi connectivity index (χ1v) is 33.2. The summed E-state index contributed by atoms with van der Waals surface area (Å²) in [5.74, 6) is -2.04. The van der Waals surface area contributed by atoms with Crippen LogP contribution in [0.1, 0.15) is 264 Å². The van der Waals surface area contributed by atoms with E-state index in [-0.39, 0.29) is 32.2 Å². The predicted molar refractivity (Wildman–Crippen MR) is 350 cm³/mol. The lowest BCUT2D eigenvalue weighted by atomic mass is 10.0. The predicted octanol–water partition coefficient (Wildman–Crippen LogP) is 20.4. The van der Waals surface area contributed by atoms with E-state index in [4.69, 9.17) is 18.9 Å². The van der Waals surface area contributed by atoms with Gasteiger partial charge < -0.3 is 28.5 Å². The van der Waals surface area contributed by atoms with Crippen molar-refractivity contribution in [3.63, 3.8) is 0 Å². The maximum Gasteiger partial charge on any atom is 0.361 e. The van der Waals surface area contributed by atoms with Crippen LogP contribution in [-0.2, 0) is 33.3 Å². The fourth-order valence-corrected chi connectivity index (χ4v) is 8.92. The summed E-state index contributed by atoms with van der Waals surface area (Å²) in [6.45, 7) is 4.75. The van der Waals surface area contributed by atoms with Gasteiger partial charge in [0.25, 0.3) is 6.29 Å². The standard InChI is InChI=1S/C73H123NO8/c1-6-8-10-12-14-16-18-20-22-24-26-28-30-31-32-33-34-35-36-37-38-39-40-41-42-44-46-48-50-52-54-56-58-60-62-64-71(76)82-69(68-81-73(72(77)78)79-66-65-74(3,4)5)67-80-70(75)63-61-59-57-55-53-51-49-47-45-43-29-27-25-23-21-19-17-15-13-11-9-7-2/h8,10,14,16,20,22,26,28,31-32,34-35,37-38,40-41,44,46,50,52,69,73H,6-7,9,11-13,15,17-19,21,23-25,27,29-30,33,36,39,42-43,45,47-49,51,53-68H2,1-5H3/p+1/b10-8-,16-14-,22-20-,28-26-,32-31-,35-34-,38-37-,41-40-,46-44-,52-50-. The third-order valence-corrected chi connectivity index (χ3v) is 14.0. The summed E-state index contributed by atoms with van der Waals surface area (Å²) >= 11 is 0. The zero-order valence-electron chi connectivity index (χ0n) is 53.4. The molecule has 1 N–H and O–H groups in total. The fourth-order valence-electron chi connectivity index (χ4n) is 8.92. The van der Waals surface area contributed by atoms with Crippen molar-refractivity contribution >= 4 is 17.9 Å². The molecule has 0 aromatic heterocycles. The maximum atomic E-state index is 12.9. The number of hydrogen-bond acceptors (Lipinski definition) is 7. The van der Waals surface area contributed by atoms with Gasteiger partial charge in [-0.25, -0.2) is 4.79 Å². The average molecular weight is 1140 g/mol. The number of likely N-dealkylation sites (N-methyl/N-ethyl adjacent to an activating group) is 1. The molecule has 9 heteroatoms. The molecule has 468 valence electrons. The molecule has 0 saturated carbocycles.